The molecule has 5 aromatic carbocycles. The normalized spacial score (nSPS) is 17.4. The quantitative estimate of drug-likeness (QED) is 0.165. The van der Waals surface area contributed by atoms with Gasteiger partial charge in [0.1, 0.15) is 5.75 Å². The Balaban J connectivity index is 1.39. The Bertz CT molecular complexity index is 1920. The Kier molecular flexibility index (Phi) is 7.54. The lowest BCUT2D eigenvalue weighted by atomic mass is 9.78. The van der Waals surface area contributed by atoms with E-state index >= 15 is 0 Å². The summed E-state index contributed by atoms with van der Waals surface area (Å²) in [6.07, 6.45) is 0.916. The number of para-hydroxylation sites is 2. The minimum absolute atomic E-state index is 0.00713. The highest BCUT2D eigenvalue weighted by atomic mass is 16.5. The zero-order valence-electron chi connectivity index (χ0n) is 24.4. The van der Waals surface area contributed by atoms with E-state index in [2.05, 4.69) is 17.4 Å². The summed E-state index contributed by atoms with van der Waals surface area (Å²) in [6, 6.07) is 41.9. The Morgan fingerprint density at radius 3 is 2.02 bits per heavy atom. The number of esters is 1. The molecule has 0 saturated heterocycles. The van der Waals surface area contributed by atoms with Gasteiger partial charge < -0.3 is 10.1 Å². The van der Waals surface area contributed by atoms with E-state index in [1.807, 2.05) is 72.8 Å². The number of rotatable bonds is 5. The van der Waals surface area contributed by atoms with Crippen molar-refractivity contribution in [2.45, 2.75) is 24.8 Å². The van der Waals surface area contributed by atoms with Crippen LogP contribution in [0.4, 0.5) is 11.4 Å². The molecular formula is C39H30N2O4. The Labute approximate surface area is 261 Å². The maximum absolute atomic E-state index is 14.5. The van der Waals surface area contributed by atoms with E-state index in [1.165, 1.54) is 0 Å². The molecule has 0 spiro atoms. The molecule has 5 aromatic rings. The number of fused-ring (bicyclic) bond motifs is 1. The number of ether oxygens (including phenoxy) is 1. The third-order valence-corrected chi connectivity index (χ3v) is 8.39. The van der Waals surface area contributed by atoms with Gasteiger partial charge in [0.05, 0.1) is 23.0 Å². The van der Waals surface area contributed by atoms with Gasteiger partial charge in [0, 0.05) is 23.3 Å². The van der Waals surface area contributed by atoms with E-state index in [9.17, 15) is 14.4 Å². The number of Topliss-reactive ketones (excluding diaryl/α,β-unsaturated/α-hetero) is 1. The molecule has 7 rings (SSSR count). The molecule has 1 amide bonds. The average Bonchev–Trinajstić information content (AvgIpc) is 3.24. The van der Waals surface area contributed by atoms with Crippen LogP contribution in [0.15, 0.2) is 151 Å². The van der Waals surface area contributed by atoms with Gasteiger partial charge in [0.15, 0.2) is 5.78 Å². The molecule has 0 fully saturated rings. The topological polar surface area (TPSA) is 75.7 Å². The van der Waals surface area contributed by atoms with Gasteiger partial charge in [-0.2, -0.15) is 0 Å². The zero-order chi connectivity index (χ0) is 30.8. The number of carbonyl (C=O) groups excluding carboxylic acids is 3. The number of ketones is 1. The number of hydrogen-bond acceptors (Lipinski definition) is 5. The number of benzene rings is 5. The fourth-order valence-electron chi connectivity index (χ4n) is 6.30. The van der Waals surface area contributed by atoms with Crippen molar-refractivity contribution in [2.75, 3.05) is 10.2 Å². The Morgan fingerprint density at radius 1 is 0.667 bits per heavy atom. The van der Waals surface area contributed by atoms with Crippen molar-refractivity contribution in [1.29, 1.82) is 0 Å². The summed E-state index contributed by atoms with van der Waals surface area (Å²) < 4.78 is 5.79. The molecule has 0 saturated carbocycles. The van der Waals surface area contributed by atoms with Crippen molar-refractivity contribution in [3.05, 3.63) is 173 Å². The van der Waals surface area contributed by atoms with E-state index < -0.39 is 12.0 Å². The summed E-state index contributed by atoms with van der Waals surface area (Å²) in [6.45, 7) is 0. The monoisotopic (exact) mass is 590 g/mol. The number of anilines is 2. The van der Waals surface area contributed by atoms with Crippen molar-refractivity contribution in [3.8, 4) is 5.75 Å². The summed E-state index contributed by atoms with van der Waals surface area (Å²) in [5, 5.41) is 3.58. The first-order chi connectivity index (χ1) is 22.1. The van der Waals surface area contributed by atoms with E-state index in [0.29, 0.717) is 46.5 Å². The van der Waals surface area contributed by atoms with Gasteiger partial charge in [-0.05, 0) is 72.0 Å². The van der Waals surface area contributed by atoms with Crippen LogP contribution in [0.3, 0.4) is 0 Å². The summed E-state index contributed by atoms with van der Waals surface area (Å²) in [5.41, 5.74) is 5.40. The number of amides is 1. The number of allylic oxidation sites excluding steroid dienone is 1. The first-order valence-corrected chi connectivity index (χ1v) is 15.0. The third-order valence-electron chi connectivity index (χ3n) is 8.39. The van der Waals surface area contributed by atoms with Crippen LogP contribution in [0.25, 0.3) is 0 Å². The van der Waals surface area contributed by atoms with Crippen LogP contribution in [-0.4, -0.2) is 17.7 Å². The molecule has 2 aliphatic rings. The van der Waals surface area contributed by atoms with Gasteiger partial charge in [0.2, 0.25) is 0 Å². The predicted molar refractivity (Wildman–Crippen MR) is 174 cm³/mol. The Hall–Kier alpha value is -5.75. The minimum atomic E-state index is -0.775. The molecule has 0 bridgehead atoms. The van der Waals surface area contributed by atoms with E-state index in [4.69, 9.17) is 4.74 Å². The molecule has 0 unspecified atom stereocenters. The van der Waals surface area contributed by atoms with E-state index in [1.54, 1.807) is 59.5 Å². The minimum Gasteiger partial charge on any atom is -0.423 e. The SMILES string of the molecule is O=C1C[C@@H](c2ccccc2)CC2=C1[C@H](c1cccc(OC(=O)c3ccccc3)c1)N(C(=O)c1ccccc1)c1ccccc1N2. The largest absolute Gasteiger partial charge is 0.423 e. The van der Waals surface area contributed by atoms with E-state index in [-0.39, 0.29) is 17.6 Å². The summed E-state index contributed by atoms with van der Waals surface area (Å²) in [4.78, 5) is 43.5. The number of carbonyl (C=O) groups is 3. The van der Waals surface area contributed by atoms with Crippen LogP contribution in [-0.2, 0) is 4.79 Å². The van der Waals surface area contributed by atoms with Crippen LogP contribution in [0.5, 0.6) is 5.75 Å². The molecule has 0 radical (unpaired) electrons. The Morgan fingerprint density at radius 2 is 1.29 bits per heavy atom. The lowest BCUT2D eigenvalue weighted by molar-refractivity contribution is -0.116. The number of hydrogen-bond donors (Lipinski definition) is 1. The van der Waals surface area contributed by atoms with Crippen LogP contribution in [0, 0.1) is 0 Å². The van der Waals surface area contributed by atoms with Crippen molar-refractivity contribution < 1.29 is 19.1 Å². The maximum atomic E-state index is 14.5. The van der Waals surface area contributed by atoms with Gasteiger partial charge in [-0.3, -0.25) is 14.5 Å². The predicted octanol–water partition coefficient (Wildman–Crippen LogP) is 8.12. The highest BCUT2D eigenvalue weighted by Crippen LogP contribution is 2.48. The highest BCUT2D eigenvalue weighted by Gasteiger charge is 2.42. The van der Waals surface area contributed by atoms with Gasteiger partial charge in [-0.15, -0.1) is 0 Å². The van der Waals surface area contributed by atoms with Gasteiger partial charge in [-0.25, -0.2) is 4.79 Å². The zero-order valence-corrected chi connectivity index (χ0v) is 24.4. The van der Waals surface area contributed by atoms with Crippen LogP contribution in [0.2, 0.25) is 0 Å². The second-order valence-corrected chi connectivity index (χ2v) is 11.2. The third kappa shape index (κ3) is 5.54. The standard InChI is InChI=1S/C39H30N2O4/c42-35-25-30(26-13-4-1-5-14-26)24-33-36(35)37(29-19-12-20-31(23-29)45-39(44)28-17-8-3-9-18-28)41(34-22-11-10-21-32(34)40-33)38(43)27-15-6-2-7-16-27/h1-23,30,37,40H,24-25H2/t30-,37-/m0/s1. The van der Waals surface area contributed by atoms with Crippen molar-refractivity contribution in [2.24, 2.45) is 0 Å². The molecule has 6 heteroatoms. The average molecular weight is 591 g/mol. The second-order valence-electron chi connectivity index (χ2n) is 11.2. The molecule has 1 aliphatic carbocycles. The smallest absolute Gasteiger partial charge is 0.343 e. The van der Waals surface area contributed by atoms with Gasteiger partial charge >= 0.3 is 5.97 Å². The number of nitrogens with zero attached hydrogens (tertiary/aromatic N) is 1. The van der Waals surface area contributed by atoms with E-state index in [0.717, 1.165) is 16.9 Å². The van der Waals surface area contributed by atoms with Gasteiger partial charge in [0.25, 0.3) is 5.91 Å². The molecule has 1 N–H and O–H groups in total. The lowest BCUT2D eigenvalue weighted by Gasteiger charge is -2.35. The van der Waals surface area contributed by atoms with Crippen molar-refractivity contribution >= 4 is 29.0 Å². The fraction of sp³-hybridized carbons (Fsp3) is 0.103. The first-order valence-electron chi connectivity index (χ1n) is 15.0. The molecule has 1 heterocycles. The van der Waals surface area contributed by atoms with Crippen LogP contribution in [0.1, 0.15) is 56.6 Å². The van der Waals surface area contributed by atoms with Gasteiger partial charge in [-0.1, -0.05) is 91.0 Å². The second kappa shape index (κ2) is 12.1. The van der Waals surface area contributed by atoms with Crippen molar-refractivity contribution in [1.82, 2.24) is 0 Å². The number of nitrogens with one attached hydrogen (secondary N) is 1. The summed E-state index contributed by atoms with van der Waals surface area (Å²) in [7, 11) is 0. The lowest BCUT2D eigenvalue weighted by Crippen LogP contribution is -2.38. The molecule has 2 atom stereocenters. The molecule has 1 aliphatic heterocycles. The molecular weight excluding hydrogens is 560 g/mol. The van der Waals surface area contributed by atoms with Crippen LogP contribution < -0.4 is 15.0 Å². The first kappa shape index (κ1) is 28.0. The summed E-state index contributed by atoms with van der Waals surface area (Å²) in [5.74, 6) is -0.447. The highest BCUT2D eigenvalue weighted by molar-refractivity contribution is 6.12. The molecule has 0 aromatic heterocycles. The summed E-state index contributed by atoms with van der Waals surface area (Å²) >= 11 is 0. The van der Waals surface area contributed by atoms with Crippen LogP contribution >= 0.6 is 0 Å². The van der Waals surface area contributed by atoms with Crippen molar-refractivity contribution in [3.63, 3.8) is 0 Å². The fourth-order valence-corrected chi connectivity index (χ4v) is 6.30. The molecule has 6 nitrogen and oxygen atoms in total. The maximum Gasteiger partial charge on any atom is 0.343 e. The molecule has 220 valence electrons. The molecule has 45 heavy (non-hydrogen) atoms.